The molecule has 5 nitrogen and oxygen atoms in total. The van der Waals surface area contributed by atoms with Crippen LogP contribution in [0, 0.1) is 11.8 Å². The third kappa shape index (κ3) is 1.91. The standard InChI is InChI=1S/C19H19NO4/c1-2-6-14-19-10-9-13(24-19)15(18(22)23)16(19)17(21)20(14)11-12-7-4-3-5-8-12/h2-5,7-10,13-16H,1,6,11H2,(H,22,23)/t13-,14-,15+,16+,19-/m1/s1. The molecule has 0 saturated carbocycles. The van der Waals surface area contributed by atoms with Crippen LogP contribution in [0.2, 0.25) is 0 Å². The zero-order valence-electron chi connectivity index (χ0n) is 13.2. The van der Waals surface area contributed by atoms with Crippen molar-refractivity contribution in [2.24, 2.45) is 11.8 Å². The van der Waals surface area contributed by atoms with Gasteiger partial charge in [0.25, 0.3) is 0 Å². The van der Waals surface area contributed by atoms with Gasteiger partial charge in [0, 0.05) is 6.54 Å². The fourth-order valence-electron chi connectivity index (χ4n) is 4.44. The van der Waals surface area contributed by atoms with Gasteiger partial charge in [0.15, 0.2) is 0 Å². The Hall–Kier alpha value is -2.40. The molecule has 4 rings (SSSR count). The average molecular weight is 325 g/mol. The number of carboxylic acid groups (broad SMARTS) is 1. The maximum atomic E-state index is 13.1. The summed E-state index contributed by atoms with van der Waals surface area (Å²) >= 11 is 0. The predicted octanol–water partition coefficient (Wildman–Crippen LogP) is 2.00. The number of hydrogen-bond donors (Lipinski definition) is 1. The highest BCUT2D eigenvalue weighted by Gasteiger charge is 2.70. The number of amides is 1. The van der Waals surface area contributed by atoms with E-state index in [4.69, 9.17) is 4.74 Å². The number of likely N-dealkylation sites (tertiary alicyclic amines) is 1. The summed E-state index contributed by atoms with van der Waals surface area (Å²) < 4.78 is 6.06. The minimum Gasteiger partial charge on any atom is -0.481 e. The van der Waals surface area contributed by atoms with Gasteiger partial charge in [0.2, 0.25) is 5.91 Å². The molecule has 0 aromatic heterocycles. The van der Waals surface area contributed by atoms with Gasteiger partial charge in [-0.15, -0.1) is 6.58 Å². The van der Waals surface area contributed by atoms with Crippen molar-refractivity contribution in [1.29, 1.82) is 0 Å². The second-order valence-electron chi connectivity index (χ2n) is 6.63. The van der Waals surface area contributed by atoms with E-state index in [1.54, 1.807) is 17.1 Å². The maximum absolute atomic E-state index is 13.1. The molecule has 1 amide bonds. The number of aliphatic carboxylic acids is 1. The number of carboxylic acids is 1. The second kappa shape index (κ2) is 5.31. The van der Waals surface area contributed by atoms with Crippen molar-refractivity contribution in [2.45, 2.75) is 30.7 Å². The summed E-state index contributed by atoms with van der Waals surface area (Å²) in [5, 5.41) is 9.58. The molecule has 1 spiro atoms. The quantitative estimate of drug-likeness (QED) is 0.841. The van der Waals surface area contributed by atoms with Crippen molar-refractivity contribution in [3.8, 4) is 0 Å². The monoisotopic (exact) mass is 325 g/mol. The molecule has 3 aliphatic rings. The molecule has 5 atom stereocenters. The first-order valence-corrected chi connectivity index (χ1v) is 8.14. The lowest BCUT2D eigenvalue weighted by molar-refractivity contribution is -0.148. The van der Waals surface area contributed by atoms with Crippen molar-refractivity contribution in [3.05, 3.63) is 60.7 Å². The first kappa shape index (κ1) is 15.1. The van der Waals surface area contributed by atoms with Gasteiger partial charge in [-0.1, -0.05) is 48.6 Å². The Morgan fingerprint density at radius 2 is 2.12 bits per heavy atom. The van der Waals surface area contributed by atoms with Gasteiger partial charge in [-0.3, -0.25) is 9.59 Å². The molecule has 0 aliphatic carbocycles. The lowest BCUT2D eigenvalue weighted by atomic mass is 9.74. The number of rotatable bonds is 5. The molecule has 2 saturated heterocycles. The van der Waals surface area contributed by atoms with E-state index in [1.165, 1.54) is 0 Å². The summed E-state index contributed by atoms with van der Waals surface area (Å²) in [6, 6.07) is 9.50. The zero-order chi connectivity index (χ0) is 16.9. The number of ether oxygens (including phenoxy) is 1. The zero-order valence-corrected chi connectivity index (χ0v) is 13.2. The molecule has 5 heteroatoms. The summed E-state index contributed by atoms with van der Waals surface area (Å²) in [4.78, 5) is 26.6. The van der Waals surface area contributed by atoms with E-state index in [0.717, 1.165) is 5.56 Å². The average Bonchev–Trinajstić information content (AvgIpc) is 3.20. The number of fused-ring (bicyclic) bond motifs is 1. The van der Waals surface area contributed by atoms with Gasteiger partial charge in [-0.2, -0.15) is 0 Å². The summed E-state index contributed by atoms with van der Waals surface area (Å²) in [5.41, 5.74) is 0.176. The summed E-state index contributed by atoms with van der Waals surface area (Å²) in [5.74, 6) is -2.57. The number of carbonyl (C=O) groups excluding carboxylic acids is 1. The summed E-state index contributed by atoms with van der Waals surface area (Å²) in [6.45, 7) is 4.25. The fraction of sp³-hybridized carbons (Fsp3) is 0.368. The van der Waals surface area contributed by atoms with Crippen molar-refractivity contribution in [1.82, 2.24) is 4.90 Å². The van der Waals surface area contributed by atoms with Gasteiger partial charge in [-0.25, -0.2) is 0 Å². The smallest absolute Gasteiger partial charge is 0.310 e. The molecule has 1 aromatic carbocycles. The first-order chi connectivity index (χ1) is 11.6. The Morgan fingerprint density at radius 3 is 2.79 bits per heavy atom. The normalized spacial score (nSPS) is 36.2. The van der Waals surface area contributed by atoms with E-state index >= 15 is 0 Å². The molecule has 24 heavy (non-hydrogen) atoms. The van der Waals surface area contributed by atoms with Crippen molar-refractivity contribution < 1.29 is 19.4 Å². The van der Waals surface area contributed by atoms with Crippen LogP contribution < -0.4 is 0 Å². The van der Waals surface area contributed by atoms with Crippen LogP contribution in [0.1, 0.15) is 12.0 Å². The largest absolute Gasteiger partial charge is 0.481 e. The Balaban J connectivity index is 1.73. The van der Waals surface area contributed by atoms with Crippen LogP contribution in [-0.2, 0) is 20.9 Å². The lowest BCUT2D eigenvalue weighted by Gasteiger charge is -2.32. The van der Waals surface area contributed by atoms with Gasteiger partial charge >= 0.3 is 5.97 Å². The van der Waals surface area contributed by atoms with E-state index < -0.39 is 29.5 Å². The fourth-order valence-corrected chi connectivity index (χ4v) is 4.44. The highest BCUT2D eigenvalue weighted by molar-refractivity contribution is 5.91. The first-order valence-electron chi connectivity index (χ1n) is 8.14. The summed E-state index contributed by atoms with van der Waals surface area (Å²) in [7, 11) is 0. The van der Waals surface area contributed by atoms with Gasteiger partial charge < -0.3 is 14.7 Å². The van der Waals surface area contributed by atoms with E-state index in [9.17, 15) is 14.7 Å². The van der Waals surface area contributed by atoms with Crippen molar-refractivity contribution in [3.63, 3.8) is 0 Å². The highest BCUT2D eigenvalue weighted by atomic mass is 16.5. The molecule has 3 heterocycles. The molecule has 1 N–H and O–H groups in total. The van der Waals surface area contributed by atoms with E-state index in [0.29, 0.717) is 13.0 Å². The van der Waals surface area contributed by atoms with Crippen LogP contribution in [0.5, 0.6) is 0 Å². The molecule has 2 fully saturated rings. The predicted molar refractivity (Wildman–Crippen MR) is 87.0 cm³/mol. The van der Waals surface area contributed by atoms with Crippen LogP contribution in [0.15, 0.2) is 55.1 Å². The SMILES string of the molecule is C=CC[C@H]1N(Cc2ccccc2)C(=O)[C@@H]2[C@@H](C(=O)O)[C@H]3C=C[C@]21O3. The minimum atomic E-state index is -0.969. The van der Waals surface area contributed by atoms with E-state index in [2.05, 4.69) is 6.58 Å². The van der Waals surface area contributed by atoms with Gasteiger partial charge in [0.1, 0.15) is 11.5 Å². The molecule has 2 bridgehead atoms. The van der Waals surface area contributed by atoms with Gasteiger partial charge in [0.05, 0.1) is 18.1 Å². The van der Waals surface area contributed by atoms with Crippen LogP contribution in [0.3, 0.4) is 0 Å². The Kier molecular flexibility index (Phi) is 3.35. The molecule has 0 radical (unpaired) electrons. The highest BCUT2D eigenvalue weighted by Crippen LogP contribution is 2.55. The van der Waals surface area contributed by atoms with Crippen LogP contribution in [0.25, 0.3) is 0 Å². The van der Waals surface area contributed by atoms with E-state index in [-0.39, 0.29) is 11.9 Å². The molecule has 1 aromatic rings. The van der Waals surface area contributed by atoms with Gasteiger partial charge in [-0.05, 0) is 12.0 Å². The number of carbonyl (C=O) groups is 2. The Morgan fingerprint density at radius 1 is 1.38 bits per heavy atom. The minimum absolute atomic E-state index is 0.134. The number of hydrogen-bond acceptors (Lipinski definition) is 3. The molecular formula is C19H19NO4. The molecule has 3 aliphatic heterocycles. The number of benzene rings is 1. The van der Waals surface area contributed by atoms with Crippen LogP contribution in [-0.4, -0.2) is 39.6 Å². The third-order valence-corrected chi connectivity index (χ3v) is 5.40. The second-order valence-corrected chi connectivity index (χ2v) is 6.63. The third-order valence-electron chi connectivity index (χ3n) is 5.40. The number of nitrogens with zero attached hydrogens (tertiary/aromatic N) is 1. The van der Waals surface area contributed by atoms with Crippen LogP contribution in [0.4, 0.5) is 0 Å². The van der Waals surface area contributed by atoms with Crippen LogP contribution >= 0.6 is 0 Å². The Bertz CT molecular complexity index is 728. The maximum Gasteiger partial charge on any atom is 0.310 e. The van der Waals surface area contributed by atoms with E-state index in [1.807, 2.05) is 36.4 Å². The summed E-state index contributed by atoms with van der Waals surface area (Å²) in [6.07, 6.45) is 5.52. The van der Waals surface area contributed by atoms with Crippen molar-refractivity contribution in [2.75, 3.05) is 0 Å². The molecule has 0 unspecified atom stereocenters. The lowest BCUT2D eigenvalue weighted by Crippen LogP contribution is -2.44. The molecule has 124 valence electrons. The topological polar surface area (TPSA) is 66.8 Å². The Labute approximate surface area is 140 Å². The molecular weight excluding hydrogens is 306 g/mol. The van der Waals surface area contributed by atoms with Crippen molar-refractivity contribution >= 4 is 11.9 Å².